The standard InChI is InChI=1S/C7H6N4O2/c12-7(6-3-9-4-10-6)13-11-2-1-8-5-11/h1-5H,(H,9,10). The maximum absolute atomic E-state index is 11.2. The van der Waals surface area contributed by atoms with Crippen LogP contribution in [-0.2, 0) is 0 Å². The molecule has 1 N–H and O–H groups in total. The SMILES string of the molecule is O=C(On1ccnc1)c1cnc[nH]1. The van der Waals surface area contributed by atoms with Gasteiger partial charge in [0.1, 0.15) is 12.0 Å². The monoisotopic (exact) mass is 178 g/mol. The molecule has 0 bridgehead atoms. The van der Waals surface area contributed by atoms with Gasteiger partial charge >= 0.3 is 5.97 Å². The van der Waals surface area contributed by atoms with Crippen LogP contribution in [0.5, 0.6) is 0 Å². The maximum Gasteiger partial charge on any atom is 0.381 e. The summed E-state index contributed by atoms with van der Waals surface area (Å²) in [5, 5.41) is 0. The van der Waals surface area contributed by atoms with E-state index in [1.165, 1.54) is 36.0 Å². The van der Waals surface area contributed by atoms with E-state index in [1.807, 2.05) is 0 Å². The Labute approximate surface area is 73.2 Å². The van der Waals surface area contributed by atoms with Crippen LogP contribution in [0.2, 0.25) is 0 Å². The van der Waals surface area contributed by atoms with Crippen molar-refractivity contribution in [1.82, 2.24) is 19.7 Å². The molecule has 6 heteroatoms. The number of carbonyl (C=O) groups excluding carboxylic acids is 1. The second-order valence-corrected chi connectivity index (χ2v) is 2.27. The van der Waals surface area contributed by atoms with E-state index in [0.717, 1.165) is 0 Å². The molecule has 0 aliphatic carbocycles. The molecule has 0 radical (unpaired) electrons. The van der Waals surface area contributed by atoms with Gasteiger partial charge in [-0.1, -0.05) is 0 Å². The molecule has 0 aliphatic rings. The van der Waals surface area contributed by atoms with Crippen LogP contribution in [-0.4, -0.2) is 25.7 Å². The lowest BCUT2D eigenvalue weighted by Gasteiger charge is -1.99. The minimum Gasteiger partial charge on any atom is -0.339 e. The molecule has 2 aromatic rings. The van der Waals surface area contributed by atoms with Gasteiger partial charge in [-0.3, -0.25) is 0 Å². The lowest BCUT2D eigenvalue weighted by molar-refractivity contribution is 0.0454. The number of hydrogen-bond acceptors (Lipinski definition) is 4. The number of H-pyrrole nitrogens is 1. The Hall–Kier alpha value is -2.11. The van der Waals surface area contributed by atoms with Crippen molar-refractivity contribution in [2.75, 3.05) is 0 Å². The van der Waals surface area contributed by atoms with E-state index in [0.29, 0.717) is 5.69 Å². The van der Waals surface area contributed by atoms with E-state index in [9.17, 15) is 4.79 Å². The molecule has 2 aromatic heterocycles. The van der Waals surface area contributed by atoms with Crippen LogP contribution in [0, 0.1) is 0 Å². The quantitative estimate of drug-likeness (QED) is 0.695. The first-order valence-electron chi connectivity index (χ1n) is 3.55. The number of carbonyl (C=O) groups is 1. The van der Waals surface area contributed by atoms with Crippen molar-refractivity contribution in [2.45, 2.75) is 0 Å². The average molecular weight is 178 g/mol. The summed E-state index contributed by atoms with van der Waals surface area (Å²) >= 11 is 0. The van der Waals surface area contributed by atoms with Crippen molar-refractivity contribution in [2.24, 2.45) is 0 Å². The highest BCUT2D eigenvalue weighted by Crippen LogP contribution is 1.92. The number of imidazole rings is 2. The molecule has 2 rings (SSSR count). The van der Waals surface area contributed by atoms with E-state index in [-0.39, 0.29) is 0 Å². The molecule has 0 unspecified atom stereocenters. The number of nitrogens with zero attached hydrogens (tertiary/aromatic N) is 3. The van der Waals surface area contributed by atoms with Gasteiger partial charge in [-0.2, -0.15) is 4.73 Å². The molecule has 0 amide bonds. The van der Waals surface area contributed by atoms with Gasteiger partial charge in [0.2, 0.25) is 0 Å². The van der Waals surface area contributed by atoms with E-state index in [2.05, 4.69) is 15.0 Å². The second kappa shape index (κ2) is 3.10. The van der Waals surface area contributed by atoms with Gasteiger partial charge in [-0.05, 0) is 0 Å². The van der Waals surface area contributed by atoms with Crippen LogP contribution >= 0.6 is 0 Å². The lowest BCUT2D eigenvalue weighted by Crippen LogP contribution is -2.18. The Balaban J connectivity index is 2.08. The van der Waals surface area contributed by atoms with Crippen molar-refractivity contribution in [3.05, 3.63) is 36.9 Å². The van der Waals surface area contributed by atoms with Gasteiger partial charge in [-0.15, -0.1) is 0 Å². The van der Waals surface area contributed by atoms with Crippen molar-refractivity contribution in [1.29, 1.82) is 0 Å². The van der Waals surface area contributed by atoms with E-state index < -0.39 is 5.97 Å². The molecule has 0 saturated heterocycles. The fourth-order valence-corrected chi connectivity index (χ4v) is 0.813. The Kier molecular flexibility index (Phi) is 1.79. The summed E-state index contributed by atoms with van der Waals surface area (Å²) < 4.78 is 1.21. The van der Waals surface area contributed by atoms with Crippen LogP contribution in [0.25, 0.3) is 0 Å². The fraction of sp³-hybridized carbons (Fsp3) is 0. The second-order valence-electron chi connectivity index (χ2n) is 2.27. The summed E-state index contributed by atoms with van der Waals surface area (Å²) in [6.45, 7) is 0. The zero-order chi connectivity index (χ0) is 9.10. The van der Waals surface area contributed by atoms with Crippen LogP contribution in [0.1, 0.15) is 10.5 Å². The average Bonchev–Trinajstić information content (AvgIpc) is 2.74. The fourth-order valence-electron chi connectivity index (χ4n) is 0.813. The van der Waals surface area contributed by atoms with E-state index in [1.54, 1.807) is 0 Å². The largest absolute Gasteiger partial charge is 0.381 e. The summed E-state index contributed by atoms with van der Waals surface area (Å²) in [5.74, 6) is -0.504. The third-order valence-electron chi connectivity index (χ3n) is 1.39. The van der Waals surface area contributed by atoms with Crippen LogP contribution < -0.4 is 4.84 Å². The predicted octanol–water partition coefficient (Wildman–Crippen LogP) is -0.125. The Morgan fingerprint density at radius 3 is 3.08 bits per heavy atom. The molecular formula is C7H6N4O2. The van der Waals surface area contributed by atoms with Crippen molar-refractivity contribution < 1.29 is 9.63 Å². The normalized spacial score (nSPS) is 9.85. The first-order valence-corrected chi connectivity index (χ1v) is 3.55. The van der Waals surface area contributed by atoms with Gasteiger partial charge in [0.15, 0.2) is 0 Å². The Morgan fingerprint density at radius 2 is 2.46 bits per heavy atom. The first kappa shape index (κ1) is 7.53. The van der Waals surface area contributed by atoms with Crippen LogP contribution in [0.3, 0.4) is 0 Å². The van der Waals surface area contributed by atoms with Gasteiger partial charge in [0.25, 0.3) is 0 Å². The molecule has 0 spiro atoms. The number of aromatic amines is 1. The molecule has 0 saturated carbocycles. The third kappa shape index (κ3) is 1.56. The number of rotatable bonds is 2. The maximum atomic E-state index is 11.2. The predicted molar refractivity (Wildman–Crippen MR) is 41.7 cm³/mol. The number of hydrogen-bond donors (Lipinski definition) is 1. The van der Waals surface area contributed by atoms with Crippen LogP contribution in [0.15, 0.2) is 31.2 Å². The molecule has 66 valence electrons. The minimum absolute atomic E-state index is 0.300. The highest BCUT2D eigenvalue weighted by Gasteiger charge is 2.08. The molecular weight excluding hydrogens is 172 g/mol. The summed E-state index contributed by atoms with van der Waals surface area (Å²) in [6, 6.07) is 0. The molecule has 0 aromatic carbocycles. The van der Waals surface area contributed by atoms with Gasteiger partial charge in [-0.25, -0.2) is 14.8 Å². The number of aromatic nitrogens is 4. The highest BCUT2D eigenvalue weighted by molar-refractivity contribution is 5.87. The Morgan fingerprint density at radius 1 is 1.54 bits per heavy atom. The first-order chi connectivity index (χ1) is 6.36. The van der Waals surface area contributed by atoms with Gasteiger partial charge < -0.3 is 9.82 Å². The van der Waals surface area contributed by atoms with Gasteiger partial charge in [0, 0.05) is 6.20 Å². The van der Waals surface area contributed by atoms with Crippen molar-refractivity contribution in [3.8, 4) is 0 Å². The molecule has 0 fully saturated rings. The summed E-state index contributed by atoms with van der Waals surface area (Å²) in [5.41, 5.74) is 0.300. The summed E-state index contributed by atoms with van der Waals surface area (Å²) in [4.78, 5) is 26.1. The summed E-state index contributed by atoms with van der Waals surface area (Å²) in [7, 11) is 0. The van der Waals surface area contributed by atoms with Crippen molar-refractivity contribution in [3.63, 3.8) is 0 Å². The minimum atomic E-state index is -0.504. The van der Waals surface area contributed by atoms with E-state index >= 15 is 0 Å². The topological polar surface area (TPSA) is 72.8 Å². The zero-order valence-electron chi connectivity index (χ0n) is 6.54. The summed E-state index contributed by atoms with van der Waals surface area (Å²) in [6.07, 6.45) is 7.21. The number of nitrogens with one attached hydrogen (secondary N) is 1. The molecule has 13 heavy (non-hydrogen) atoms. The molecule has 2 heterocycles. The smallest absolute Gasteiger partial charge is 0.339 e. The van der Waals surface area contributed by atoms with E-state index in [4.69, 9.17) is 4.84 Å². The molecule has 0 aliphatic heterocycles. The molecule has 6 nitrogen and oxygen atoms in total. The molecule has 0 atom stereocenters. The Bertz CT molecular complexity index is 379. The zero-order valence-corrected chi connectivity index (χ0v) is 6.54. The lowest BCUT2D eigenvalue weighted by atomic mass is 10.5. The van der Waals surface area contributed by atoms with Gasteiger partial charge in [0.05, 0.1) is 18.7 Å². The third-order valence-corrected chi connectivity index (χ3v) is 1.39. The van der Waals surface area contributed by atoms with Crippen LogP contribution in [0.4, 0.5) is 0 Å². The van der Waals surface area contributed by atoms with Crippen molar-refractivity contribution >= 4 is 5.97 Å². The highest BCUT2D eigenvalue weighted by atomic mass is 16.7.